The molecule has 0 aliphatic heterocycles. The summed E-state index contributed by atoms with van der Waals surface area (Å²) in [5.74, 6) is 0.958. The van der Waals surface area contributed by atoms with Crippen LogP contribution in [0.1, 0.15) is 23.7 Å². The molecule has 0 unspecified atom stereocenters. The van der Waals surface area contributed by atoms with Gasteiger partial charge in [0.25, 0.3) is 0 Å². The molecule has 0 spiro atoms. The van der Waals surface area contributed by atoms with Gasteiger partial charge in [0, 0.05) is 29.9 Å². The molecular weight excluding hydrogens is 266 g/mol. The molecule has 0 atom stereocenters. The largest absolute Gasteiger partial charge is 0.416 e. The van der Waals surface area contributed by atoms with Crippen molar-refractivity contribution in [1.29, 1.82) is 0 Å². The molecule has 2 heterocycles. The van der Waals surface area contributed by atoms with Crippen LogP contribution in [0.2, 0.25) is 0 Å². The highest BCUT2D eigenvalue weighted by molar-refractivity contribution is 5.96. The second kappa shape index (κ2) is 5.66. The molecule has 0 amide bonds. The fourth-order valence-electron chi connectivity index (χ4n) is 1.95. The topological polar surface area (TPSA) is 68.9 Å². The van der Waals surface area contributed by atoms with E-state index in [0.717, 1.165) is 11.1 Å². The van der Waals surface area contributed by atoms with Gasteiger partial charge in [-0.25, -0.2) is 0 Å². The van der Waals surface area contributed by atoms with E-state index in [0.29, 0.717) is 23.8 Å². The lowest BCUT2D eigenvalue weighted by molar-refractivity contribution is 0.0988. The van der Waals surface area contributed by atoms with Crippen molar-refractivity contribution in [2.24, 2.45) is 0 Å². The fraction of sp³-hybridized carbons (Fsp3) is 0.125. The minimum Gasteiger partial charge on any atom is -0.416 e. The van der Waals surface area contributed by atoms with Crippen molar-refractivity contribution < 1.29 is 9.21 Å². The van der Waals surface area contributed by atoms with Crippen molar-refractivity contribution in [3.8, 4) is 22.9 Å². The van der Waals surface area contributed by atoms with Crippen LogP contribution >= 0.6 is 0 Å². The third-order valence-corrected chi connectivity index (χ3v) is 3.11. The summed E-state index contributed by atoms with van der Waals surface area (Å²) in [5.41, 5.74) is 2.24. The van der Waals surface area contributed by atoms with Crippen molar-refractivity contribution in [1.82, 2.24) is 15.2 Å². The van der Waals surface area contributed by atoms with Gasteiger partial charge in [0.2, 0.25) is 11.8 Å². The van der Waals surface area contributed by atoms with Gasteiger partial charge in [-0.3, -0.25) is 9.78 Å². The van der Waals surface area contributed by atoms with Crippen LogP contribution in [0, 0.1) is 0 Å². The molecule has 0 aliphatic carbocycles. The molecule has 0 saturated carbocycles. The van der Waals surface area contributed by atoms with E-state index < -0.39 is 0 Å². The molecule has 21 heavy (non-hydrogen) atoms. The lowest BCUT2D eigenvalue weighted by atomic mass is 10.1. The highest BCUT2D eigenvalue weighted by Gasteiger charge is 2.11. The standard InChI is InChI=1S/C16H13N3O2/c1-2-14(20)11-5-7-12(8-6-11)15-18-19-16(21-15)13-4-3-9-17-10-13/h3-10H,2H2,1H3. The van der Waals surface area contributed by atoms with Crippen molar-refractivity contribution in [3.05, 3.63) is 54.4 Å². The van der Waals surface area contributed by atoms with Gasteiger partial charge in [-0.05, 0) is 24.3 Å². The van der Waals surface area contributed by atoms with E-state index in [4.69, 9.17) is 4.42 Å². The lowest BCUT2D eigenvalue weighted by Crippen LogP contribution is -1.95. The highest BCUT2D eigenvalue weighted by Crippen LogP contribution is 2.23. The summed E-state index contributed by atoms with van der Waals surface area (Å²) < 4.78 is 5.64. The summed E-state index contributed by atoms with van der Waals surface area (Å²) in [5, 5.41) is 8.04. The maximum atomic E-state index is 11.6. The summed E-state index contributed by atoms with van der Waals surface area (Å²) in [6, 6.07) is 10.8. The van der Waals surface area contributed by atoms with Gasteiger partial charge in [0.05, 0.1) is 5.56 Å². The maximum absolute atomic E-state index is 11.6. The normalized spacial score (nSPS) is 10.5. The Kier molecular flexibility index (Phi) is 3.55. The minimum absolute atomic E-state index is 0.114. The predicted molar refractivity (Wildman–Crippen MR) is 77.6 cm³/mol. The van der Waals surface area contributed by atoms with Gasteiger partial charge in [0.15, 0.2) is 5.78 Å². The van der Waals surface area contributed by atoms with Crippen molar-refractivity contribution in [2.45, 2.75) is 13.3 Å². The Morgan fingerprint density at radius 3 is 2.38 bits per heavy atom. The first kappa shape index (κ1) is 13.2. The van der Waals surface area contributed by atoms with Crippen molar-refractivity contribution >= 4 is 5.78 Å². The molecule has 0 saturated heterocycles. The molecule has 0 N–H and O–H groups in total. The number of Topliss-reactive ketones (excluding diaryl/α,β-unsaturated/α-hetero) is 1. The molecule has 0 aliphatic rings. The van der Waals surface area contributed by atoms with Crippen LogP contribution in [0.25, 0.3) is 22.9 Å². The molecule has 104 valence electrons. The van der Waals surface area contributed by atoms with E-state index in [1.54, 1.807) is 24.5 Å². The van der Waals surface area contributed by atoms with Gasteiger partial charge >= 0.3 is 0 Å². The predicted octanol–water partition coefficient (Wildman–Crippen LogP) is 3.39. The van der Waals surface area contributed by atoms with E-state index in [-0.39, 0.29) is 5.78 Å². The van der Waals surface area contributed by atoms with Gasteiger partial charge in [-0.15, -0.1) is 10.2 Å². The highest BCUT2D eigenvalue weighted by atomic mass is 16.4. The first-order valence-corrected chi connectivity index (χ1v) is 6.65. The third kappa shape index (κ3) is 2.72. The van der Waals surface area contributed by atoms with E-state index in [2.05, 4.69) is 15.2 Å². The molecule has 3 aromatic rings. The number of carbonyl (C=O) groups excluding carboxylic acids is 1. The number of hydrogen-bond donors (Lipinski definition) is 0. The average Bonchev–Trinajstić information content (AvgIpc) is 3.05. The van der Waals surface area contributed by atoms with Gasteiger partial charge in [-0.1, -0.05) is 19.1 Å². The Morgan fingerprint density at radius 2 is 1.76 bits per heavy atom. The number of pyridine rings is 1. The van der Waals surface area contributed by atoms with E-state index in [1.165, 1.54) is 0 Å². The van der Waals surface area contributed by atoms with Gasteiger partial charge < -0.3 is 4.42 Å². The minimum atomic E-state index is 0.114. The third-order valence-electron chi connectivity index (χ3n) is 3.11. The Labute approximate surface area is 121 Å². The average molecular weight is 279 g/mol. The van der Waals surface area contributed by atoms with Gasteiger partial charge in [0.1, 0.15) is 0 Å². The Bertz CT molecular complexity index is 749. The van der Waals surface area contributed by atoms with Crippen LogP contribution in [-0.4, -0.2) is 21.0 Å². The van der Waals surface area contributed by atoms with E-state index in [9.17, 15) is 4.79 Å². The Hall–Kier alpha value is -2.82. The maximum Gasteiger partial charge on any atom is 0.249 e. The first-order valence-electron chi connectivity index (χ1n) is 6.65. The molecule has 5 heteroatoms. The number of ketones is 1. The number of aromatic nitrogens is 3. The monoisotopic (exact) mass is 279 g/mol. The molecule has 2 aromatic heterocycles. The van der Waals surface area contributed by atoms with Crippen LogP contribution in [-0.2, 0) is 0 Å². The van der Waals surface area contributed by atoms with Crippen LogP contribution in [0.5, 0.6) is 0 Å². The number of rotatable bonds is 4. The lowest BCUT2D eigenvalue weighted by Gasteiger charge is -1.99. The zero-order valence-corrected chi connectivity index (χ0v) is 11.5. The molecular formula is C16H13N3O2. The summed E-state index contributed by atoms with van der Waals surface area (Å²) in [6.45, 7) is 1.84. The summed E-state index contributed by atoms with van der Waals surface area (Å²) in [6.07, 6.45) is 3.84. The number of hydrogen-bond acceptors (Lipinski definition) is 5. The van der Waals surface area contributed by atoms with Crippen LogP contribution in [0.3, 0.4) is 0 Å². The smallest absolute Gasteiger partial charge is 0.249 e. The number of benzene rings is 1. The zero-order chi connectivity index (χ0) is 14.7. The second-order valence-corrected chi connectivity index (χ2v) is 4.51. The van der Waals surface area contributed by atoms with Crippen molar-refractivity contribution in [3.63, 3.8) is 0 Å². The number of carbonyl (C=O) groups is 1. The second-order valence-electron chi connectivity index (χ2n) is 4.51. The van der Waals surface area contributed by atoms with Crippen LogP contribution in [0.4, 0.5) is 0 Å². The summed E-state index contributed by atoms with van der Waals surface area (Å²) in [4.78, 5) is 15.6. The van der Waals surface area contributed by atoms with E-state index in [1.807, 2.05) is 31.2 Å². The summed E-state index contributed by atoms with van der Waals surface area (Å²) in [7, 11) is 0. The van der Waals surface area contributed by atoms with E-state index >= 15 is 0 Å². The quantitative estimate of drug-likeness (QED) is 0.685. The molecule has 0 radical (unpaired) electrons. The van der Waals surface area contributed by atoms with Crippen LogP contribution < -0.4 is 0 Å². The SMILES string of the molecule is CCC(=O)c1ccc(-c2nnc(-c3cccnc3)o2)cc1. The molecule has 3 rings (SSSR count). The zero-order valence-electron chi connectivity index (χ0n) is 11.5. The van der Waals surface area contributed by atoms with Crippen molar-refractivity contribution in [2.75, 3.05) is 0 Å². The first-order chi connectivity index (χ1) is 10.3. The molecule has 0 bridgehead atoms. The fourth-order valence-corrected chi connectivity index (χ4v) is 1.95. The summed E-state index contributed by atoms with van der Waals surface area (Å²) >= 11 is 0. The Morgan fingerprint density at radius 1 is 1.05 bits per heavy atom. The number of nitrogens with zero attached hydrogens (tertiary/aromatic N) is 3. The van der Waals surface area contributed by atoms with Gasteiger partial charge in [-0.2, -0.15) is 0 Å². The molecule has 1 aromatic carbocycles. The molecule has 0 fully saturated rings. The van der Waals surface area contributed by atoms with Crippen LogP contribution in [0.15, 0.2) is 53.2 Å². The Balaban J connectivity index is 1.88. The molecule has 5 nitrogen and oxygen atoms in total.